The summed E-state index contributed by atoms with van der Waals surface area (Å²) < 4.78 is 1.94. The summed E-state index contributed by atoms with van der Waals surface area (Å²) in [5.41, 5.74) is 2.65. The summed E-state index contributed by atoms with van der Waals surface area (Å²) in [5, 5.41) is 14.1. The smallest absolute Gasteiger partial charge is 0.323 e. The number of fused-ring (bicyclic) bond motifs is 1. The number of carbonyl (C=O) groups excluding carboxylic acids is 2. The lowest BCUT2D eigenvalue weighted by Crippen LogP contribution is -2.31. The Morgan fingerprint density at radius 2 is 1.56 bits per heavy atom. The molecule has 0 aliphatic carbocycles. The Labute approximate surface area is 184 Å². The number of hydrogen-bond donors (Lipinski definition) is 2. The highest BCUT2D eigenvalue weighted by Crippen LogP contribution is 2.32. The molecular weight excluding hydrogens is 404 g/mol. The van der Waals surface area contributed by atoms with Gasteiger partial charge in [0.05, 0.1) is 6.04 Å². The zero-order valence-corrected chi connectivity index (χ0v) is 17.3. The molecule has 3 heterocycles. The highest BCUT2D eigenvalue weighted by molar-refractivity contribution is 6.00. The van der Waals surface area contributed by atoms with Crippen LogP contribution in [0, 0.1) is 0 Å². The number of urea groups is 1. The van der Waals surface area contributed by atoms with Crippen LogP contribution in [0.25, 0.3) is 5.65 Å². The fraction of sp³-hybridized carbons (Fsp3) is 0.167. The number of benzene rings is 2. The third-order valence-electron chi connectivity index (χ3n) is 5.57. The molecule has 160 valence electrons. The maximum atomic E-state index is 13.2. The number of nitrogens with zero attached hydrogens (tertiary/aromatic N) is 4. The number of aromatic nitrogens is 3. The summed E-state index contributed by atoms with van der Waals surface area (Å²) in [6, 6.07) is 21.4. The van der Waals surface area contributed by atoms with E-state index in [1.54, 1.807) is 24.3 Å². The van der Waals surface area contributed by atoms with Crippen LogP contribution in [-0.4, -0.2) is 38.0 Å². The van der Waals surface area contributed by atoms with Gasteiger partial charge in [0.15, 0.2) is 11.5 Å². The lowest BCUT2D eigenvalue weighted by molar-refractivity contribution is 0.0729. The van der Waals surface area contributed by atoms with Crippen molar-refractivity contribution in [3.63, 3.8) is 0 Å². The summed E-state index contributed by atoms with van der Waals surface area (Å²) in [6.07, 6.45) is 3.69. The van der Waals surface area contributed by atoms with Gasteiger partial charge in [0.2, 0.25) is 0 Å². The fourth-order valence-electron chi connectivity index (χ4n) is 4.04. The van der Waals surface area contributed by atoms with Gasteiger partial charge in [-0.2, -0.15) is 0 Å². The highest BCUT2D eigenvalue weighted by atomic mass is 16.2. The summed E-state index contributed by atoms with van der Waals surface area (Å²) in [6.45, 7) is 0.671. The van der Waals surface area contributed by atoms with E-state index in [0.29, 0.717) is 23.5 Å². The molecule has 0 bridgehead atoms. The topological polar surface area (TPSA) is 91.6 Å². The van der Waals surface area contributed by atoms with Crippen LogP contribution in [0.15, 0.2) is 79.0 Å². The van der Waals surface area contributed by atoms with Crippen molar-refractivity contribution in [1.29, 1.82) is 0 Å². The minimum atomic E-state index is -0.339. The molecule has 3 amide bonds. The van der Waals surface area contributed by atoms with Crippen LogP contribution in [0.1, 0.15) is 35.1 Å². The van der Waals surface area contributed by atoms with E-state index < -0.39 is 0 Å². The number of para-hydroxylation sites is 1. The predicted molar refractivity (Wildman–Crippen MR) is 122 cm³/mol. The van der Waals surface area contributed by atoms with Crippen LogP contribution in [0.4, 0.5) is 16.2 Å². The molecule has 0 saturated carbocycles. The van der Waals surface area contributed by atoms with Crippen LogP contribution < -0.4 is 10.6 Å². The van der Waals surface area contributed by atoms with Crippen LogP contribution >= 0.6 is 0 Å². The summed E-state index contributed by atoms with van der Waals surface area (Å²) in [4.78, 5) is 27.3. The van der Waals surface area contributed by atoms with E-state index in [9.17, 15) is 9.59 Å². The van der Waals surface area contributed by atoms with Gasteiger partial charge in [-0.1, -0.05) is 24.3 Å². The fourth-order valence-corrected chi connectivity index (χ4v) is 4.04. The van der Waals surface area contributed by atoms with Gasteiger partial charge < -0.3 is 15.5 Å². The molecule has 1 unspecified atom stereocenters. The second kappa shape index (κ2) is 8.50. The third kappa shape index (κ3) is 3.90. The van der Waals surface area contributed by atoms with Crippen molar-refractivity contribution in [2.24, 2.45) is 0 Å². The molecule has 1 aliphatic rings. The van der Waals surface area contributed by atoms with E-state index in [-0.39, 0.29) is 18.0 Å². The number of likely N-dealkylation sites (tertiary alicyclic amines) is 1. The minimum absolute atomic E-state index is 0.0551. The van der Waals surface area contributed by atoms with Gasteiger partial charge in [0, 0.05) is 29.7 Å². The zero-order chi connectivity index (χ0) is 21.9. The van der Waals surface area contributed by atoms with E-state index >= 15 is 0 Å². The lowest BCUT2D eigenvalue weighted by Gasteiger charge is -2.23. The average Bonchev–Trinajstić information content (AvgIpc) is 3.46. The van der Waals surface area contributed by atoms with Crippen LogP contribution in [0.5, 0.6) is 0 Å². The monoisotopic (exact) mass is 426 g/mol. The SMILES string of the molecule is O=C(Nc1ccccc1)Nc1ccc(C(=O)N2CCCC2c2nnc3ccccn23)cc1. The van der Waals surface area contributed by atoms with Crippen LogP contribution in [-0.2, 0) is 0 Å². The molecule has 8 heteroatoms. The Morgan fingerprint density at radius 3 is 2.34 bits per heavy atom. The quantitative estimate of drug-likeness (QED) is 0.507. The maximum Gasteiger partial charge on any atom is 0.323 e. The molecule has 32 heavy (non-hydrogen) atoms. The zero-order valence-electron chi connectivity index (χ0n) is 17.3. The van der Waals surface area contributed by atoms with Crippen molar-refractivity contribution in [2.45, 2.75) is 18.9 Å². The van der Waals surface area contributed by atoms with E-state index in [2.05, 4.69) is 20.8 Å². The number of rotatable bonds is 4. The Balaban J connectivity index is 1.28. The van der Waals surface area contributed by atoms with Crippen molar-refractivity contribution < 1.29 is 9.59 Å². The molecule has 1 atom stereocenters. The summed E-state index contributed by atoms with van der Waals surface area (Å²) >= 11 is 0. The average molecular weight is 426 g/mol. The first kappa shape index (κ1) is 19.7. The van der Waals surface area contributed by atoms with Crippen LogP contribution in [0.3, 0.4) is 0 Å². The number of nitrogens with one attached hydrogen (secondary N) is 2. The number of pyridine rings is 1. The van der Waals surface area contributed by atoms with Crippen molar-refractivity contribution in [2.75, 3.05) is 17.2 Å². The molecule has 5 rings (SSSR count). The molecule has 4 aromatic rings. The molecular formula is C24H22N6O2. The van der Waals surface area contributed by atoms with Crippen molar-refractivity contribution in [3.05, 3.63) is 90.4 Å². The van der Waals surface area contributed by atoms with E-state index in [4.69, 9.17) is 0 Å². The van der Waals surface area contributed by atoms with Crippen molar-refractivity contribution in [3.8, 4) is 0 Å². The molecule has 1 fully saturated rings. The maximum absolute atomic E-state index is 13.2. The molecule has 1 aliphatic heterocycles. The van der Waals surface area contributed by atoms with E-state index in [1.807, 2.05) is 64.0 Å². The molecule has 1 saturated heterocycles. The first-order chi connectivity index (χ1) is 15.7. The van der Waals surface area contributed by atoms with Crippen molar-refractivity contribution in [1.82, 2.24) is 19.5 Å². The standard InChI is InChI=1S/C24H22N6O2/c31-23(29-16-6-9-20(29)22-28-27-21-10-4-5-15-30(21)22)17-11-13-19(14-12-17)26-24(32)25-18-7-2-1-3-8-18/h1-5,7-8,10-15,20H,6,9,16H2,(H2,25,26,32). The van der Waals surface area contributed by atoms with Gasteiger partial charge >= 0.3 is 6.03 Å². The second-order valence-corrected chi connectivity index (χ2v) is 7.67. The molecule has 2 aromatic heterocycles. The number of hydrogen-bond acceptors (Lipinski definition) is 4. The first-order valence-corrected chi connectivity index (χ1v) is 10.5. The van der Waals surface area contributed by atoms with Crippen LogP contribution in [0.2, 0.25) is 0 Å². The number of amides is 3. The van der Waals surface area contributed by atoms with Gasteiger partial charge in [-0.3, -0.25) is 9.20 Å². The van der Waals surface area contributed by atoms with E-state index in [0.717, 1.165) is 24.3 Å². The van der Waals surface area contributed by atoms with Gasteiger partial charge in [-0.25, -0.2) is 4.79 Å². The Bertz CT molecular complexity index is 1250. The second-order valence-electron chi connectivity index (χ2n) is 7.67. The predicted octanol–water partition coefficient (Wildman–Crippen LogP) is 4.35. The molecule has 8 nitrogen and oxygen atoms in total. The summed E-state index contributed by atoms with van der Waals surface area (Å²) in [7, 11) is 0. The normalized spacial score (nSPS) is 15.6. The molecule has 0 spiro atoms. The first-order valence-electron chi connectivity index (χ1n) is 10.5. The van der Waals surface area contributed by atoms with E-state index in [1.165, 1.54) is 0 Å². The van der Waals surface area contributed by atoms with Gasteiger partial charge in [0.1, 0.15) is 0 Å². The largest absolute Gasteiger partial charge is 0.328 e. The lowest BCUT2D eigenvalue weighted by atomic mass is 10.1. The molecule has 2 aromatic carbocycles. The minimum Gasteiger partial charge on any atom is -0.328 e. The van der Waals surface area contributed by atoms with Crippen molar-refractivity contribution >= 4 is 29.0 Å². The number of anilines is 2. The molecule has 0 radical (unpaired) electrons. The number of carbonyl (C=O) groups is 2. The highest BCUT2D eigenvalue weighted by Gasteiger charge is 2.33. The van der Waals surface area contributed by atoms with Gasteiger partial charge in [0.25, 0.3) is 5.91 Å². The summed E-state index contributed by atoms with van der Waals surface area (Å²) in [5.74, 6) is 0.725. The van der Waals surface area contributed by atoms with Gasteiger partial charge in [-0.15, -0.1) is 10.2 Å². The van der Waals surface area contributed by atoms with Gasteiger partial charge in [-0.05, 0) is 61.4 Å². The Morgan fingerprint density at radius 1 is 0.844 bits per heavy atom. The Hall–Kier alpha value is -4.20. The Kier molecular flexibility index (Phi) is 5.25. The molecule has 2 N–H and O–H groups in total. The third-order valence-corrected chi connectivity index (χ3v) is 5.57.